The predicted molar refractivity (Wildman–Crippen MR) is 97.1 cm³/mol. The quantitative estimate of drug-likeness (QED) is 0.713. The smallest absolute Gasteiger partial charge is 0.315 e. The molecule has 3 N–H and O–H groups in total. The van der Waals surface area contributed by atoms with Gasteiger partial charge < -0.3 is 15.7 Å². The number of nitrogens with zero attached hydrogens (tertiary/aromatic N) is 1. The van der Waals surface area contributed by atoms with E-state index < -0.39 is 0 Å². The van der Waals surface area contributed by atoms with Crippen molar-refractivity contribution in [1.82, 2.24) is 15.6 Å². The molecule has 0 unspecified atom stereocenters. The summed E-state index contributed by atoms with van der Waals surface area (Å²) in [5, 5.41) is 15.4. The first kappa shape index (κ1) is 18.3. The minimum Gasteiger partial charge on any atom is -0.393 e. The number of hydrogen-bond donors (Lipinski definition) is 3. The first-order chi connectivity index (χ1) is 12.6. The number of aliphatic hydroxyl groups is 1. The second-order valence-electron chi connectivity index (χ2n) is 6.79. The molecule has 0 radical (unpaired) electrons. The molecule has 6 heteroatoms. The summed E-state index contributed by atoms with van der Waals surface area (Å²) < 4.78 is 13.6. The Bertz CT molecular complexity index is 720. The Morgan fingerprint density at radius 1 is 1.23 bits per heavy atom. The summed E-state index contributed by atoms with van der Waals surface area (Å²) in [6.45, 7) is 0.363. The zero-order valence-corrected chi connectivity index (χ0v) is 14.6. The van der Waals surface area contributed by atoms with E-state index in [1.807, 2.05) is 12.1 Å². The minimum absolute atomic E-state index is 0.0470. The number of aromatic nitrogens is 1. The van der Waals surface area contributed by atoms with Gasteiger partial charge in [-0.2, -0.15) is 0 Å². The van der Waals surface area contributed by atoms with Crippen molar-refractivity contribution in [3.8, 4) is 0 Å². The van der Waals surface area contributed by atoms with Crippen LogP contribution in [0.1, 0.15) is 24.0 Å². The van der Waals surface area contributed by atoms with Crippen LogP contribution in [0.5, 0.6) is 0 Å². The van der Waals surface area contributed by atoms with Gasteiger partial charge in [-0.1, -0.05) is 18.2 Å². The number of halogens is 1. The number of pyridine rings is 1. The van der Waals surface area contributed by atoms with Crippen LogP contribution in [0.25, 0.3) is 0 Å². The van der Waals surface area contributed by atoms with Crippen molar-refractivity contribution in [2.24, 2.45) is 5.92 Å². The Balaban J connectivity index is 1.51. The van der Waals surface area contributed by atoms with Crippen molar-refractivity contribution >= 4 is 6.03 Å². The average molecular weight is 357 g/mol. The molecule has 2 amide bonds. The van der Waals surface area contributed by atoms with Gasteiger partial charge in [0, 0.05) is 25.0 Å². The standard InChI is InChI=1S/C20H24FN3O2/c21-18-4-2-1-3-15(18)7-10-23-20(26)24-19(16-12-17(25)13-16)11-14-5-8-22-9-6-14/h1-6,8-9,16-17,19,25H,7,10-13H2,(H2,23,24,26)/t16?,17?,19-/m1/s1. The molecule has 0 bridgehead atoms. The Morgan fingerprint density at radius 3 is 2.65 bits per heavy atom. The number of carbonyl (C=O) groups is 1. The van der Waals surface area contributed by atoms with Crippen LogP contribution in [-0.2, 0) is 12.8 Å². The number of aliphatic hydroxyl groups excluding tert-OH is 1. The molecule has 1 aromatic carbocycles. The molecule has 138 valence electrons. The monoisotopic (exact) mass is 357 g/mol. The van der Waals surface area contributed by atoms with Crippen LogP contribution in [0.15, 0.2) is 48.8 Å². The fourth-order valence-electron chi connectivity index (χ4n) is 3.30. The molecule has 5 nitrogen and oxygen atoms in total. The van der Waals surface area contributed by atoms with Gasteiger partial charge in [-0.3, -0.25) is 4.98 Å². The van der Waals surface area contributed by atoms with E-state index >= 15 is 0 Å². The summed E-state index contributed by atoms with van der Waals surface area (Å²) in [6.07, 6.45) is 5.73. The number of rotatable bonds is 7. The Morgan fingerprint density at radius 2 is 1.96 bits per heavy atom. The van der Waals surface area contributed by atoms with E-state index in [9.17, 15) is 14.3 Å². The van der Waals surface area contributed by atoms with Gasteiger partial charge in [0.05, 0.1) is 6.10 Å². The van der Waals surface area contributed by atoms with Gasteiger partial charge in [0.15, 0.2) is 0 Å². The summed E-state index contributed by atoms with van der Waals surface area (Å²) in [4.78, 5) is 16.3. The number of nitrogens with one attached hydrogen (secondary N) is 2. The fourth-order valence-corrected chi connectivity index (χ4v) is 3.30. The van der Waals surface area contributed by atoms with Crippen LogP contribution in [0.4, 0.5) is 9.18 Å². The summed E-state index contributed by atoms with van der Waals surface area (Å²) in [6, 6.07) is 10.1. The summed E-state index contributed by atoms with van der Waals surface area (Å²) in [5.74, 6) is 0.00390. The molecule has 3 rings (SSSR count). The number of carbonyl (C=O) groups excluding carboxylic acids is 1. The number of urea groups is 1. The highest BCUT2D eigenvalue weighted by Crippen LogP contribution is 2.31. The van der Waals surface area contributed by atoms with Gasteiger partial charge in [-0.05, 0) is 60.9 Å². The molecule has 2 aromatic rings. The maximum atomic E-state index is 13.6. The van der Waals surface area contributed by atoms with E-state index in [4.69, 9.17) is 0 Å². The molecule has 1 aromatic heterocycles. The zero-order valence-electron chi connectivity index (χ0n) is 14.6. The zero-order chi connectivity index (χ0) is 18.4. The Hall–Kier alpha value is -2.47. The van der Waals surface area contributed by atoms with Gasteiger partial charge in [0.2, 0.25) is 0 Å². The lowest BCUT2D eigenvalue weighted by Crippen LogP contribution is -2.51. The molecule has 1 aliphatic rings. The predicted octanol–water partition coefficient (Wildman–Crippen LogP) is 2.44. The summed E-state index contributed by atoms with van der Waals surface area (Å²) in [5.41, 5.74) is 1.68. The van der Waals surface area contributed by atoms with E-state index in [0.29, 0.717) is 37.8 Å². The minimum atomic E-state index is -0.272. The molecule has 0 aliphatic heterocycles. The fraction of sp³-hybridized carbons (Fsp3) is 0.400. The molecule has 1 fully saturated rings. The van der Waals surface area contributed by atoms with Crippen molar-refractivity contribution < 1.29 is 14.3 Å². The van der Waals surface area contributed by atoms with Crippen molar-refractivity contribution in [1.29, 1.82) is 0 Å². The van der Waals surface area contributed by atoms with Crippen molar-refractivity contribution in [3.05, 3.63) is 65.7 Å². The third kappa shape index (κ3) is 5.02. The van der Waals surface area contributed by atoms with Gasteiger partial charge >= 0.3 is 6.03 Å². The van der Waals surface area contributed by atoms with Crippen LogP contribution in [0.3, 0.4) is 0 Å². The van der Waals surface area contributed by atoms with Crippen molar-refractivity contribution in [2.75, 3.05) is 6.54 Å². The highest BCUT2D eigenvalue weighted by Gasteiger charge is 2.34. The van der Waals surface area contributed by atoms with Crippen LogP contribution in [0, 0.1) is 11.7 Å². The molecule has 1 atom stereocenters. The Kier molecular flexibility index (Phi) is 6.17. The highest BCUT2D eigenvalue weighted by molar-refractivity contribution is 5.74. The number of hydrogen-bond acceptors (Lipinski definition) is 3. The largest absolute Gasteiger partial charge is 0.393 e. The van der Waals surface area contributed by atoms with Crippen LogP contribution < -0.4 is 10.6 Å². The summed E-state index contributed by atoms with van der Waals surface area (Å²) >= 11 is 0. The lowest BCUT2D eigenvalue weighted by molar-refractivity contribution is 0.0263. The number of amides is 2. The molecular weight excluding hydrogens is 333 g/mol. The second kappa shape index (κ2) is 8.76. The van der Waals surface area contributed by atoms with Gasteiger partial charge in [-0.15, -0.1) is 0 Å². The summed E-state index contributed by atoms with van der Waals surface area (Å²) in [7, 11) is 0. The molecule has 1 aliphatic carbocycles. The third-order valence-electron chi connectivity index (χ3n) is 4.88. The number of benzene rings is 1. The molecule has 1 saturated carbocycles. The maximum absolute atomic E-state index is 13.6. The lowest BCUT2D eigenvalue weighted by Gasteiger charge is -2.38. The highest BCUT2D eigenvalue weighted by atomic mass is 19.1. The topological polar surface area (TPSA) is 74.2 Å². The molecule has 0 spiro atoms. The maximum Gasteiger partial charge on any atom is 0.315 e. The van der Waals surface area contributed by atoms with E-state index in [1.54, 1.807) is 30.6 Å². The van der Waals surface area contributed by atoms with E-state index in [1.165, 1.54) is 6.07 Å². The van der Waals surface area contributed by atoms with E-state index in [2.05, 4.69) is 15.6 Å². The van der Waals surface area contributed by atoms with E-state index in [-0.39, 0.29) is 29.9 Å². The molecule has 26 heavy (non-hydrogen) atoms. The SMILES string of the molecule is O=C(NCCc1ccccc1F)N[C@H](Cc1ccncc1)C1CC(O)C1. The normalized spacial score (nSPS) is 20.1. The molecule has 1 heterocycles. The first-order valence-electron chi connectivity index (χ1n) is 8.96. The van der Waals surface area contributed by atoms with Crippen LogP contribution in [-0.4, -0.2) is 34.8 Å². The third-order valence-corrected chi connectivity index (χ3v) is 4.88. The van der Waals surface area contributed by atoms with Crippen molar-refractivity contribution in [3.63, 3.8) is 0 Å². The van der Waals surface area contributed by atoms with Crippen molar-refractivity contribution in [2.45, 2.75) is 37.8 Å². The second-order valence-corrected chi connectivity index (χ2v) is 6.79. The molecular formula is C20H24FN3O2. The first-order valence-corrected chi connectivity index (χ1v) is 8.96. The van der Waals surface area contributed by atoms with Gasteiger partial charge in [0.25, 0.3) is 0 Å². The van der Waals surface area contributed by atoms with Gasteiger partial charge in [0.1, 0.15) is 5.82 Å². The van der Waals surface area contributed by atoms with Crippen LogP contribution in [0.2, 0.25) is 0 Å². The van der Waals surface area contributed by atoms with Gasteiger partial charge in [-0.25, -0.2) is 9.18 Å². The Labute approximate surface area is 152 Å². The lowest BCUT2D eigenvalue weighted by atomic mass is 9.75. The van der Waals surface area contributed by atoms with Crippen LogP contribution >= 0.6 is 0 Å². The average Bonchev–Trinajstić information content (AvgIpc) is 2.61. The van der Waals surface area contributed by atoms with E-state index in [0.717, 1.165) is 5.56 Å². The molecule has 0 saturated heterocycles.